The molecule has 2 heterocycles. The normalized spacial score (nSPS) is 18.1. The van der Waals surface area contributed by atoms with E-state index < -0.39 is 0 Å². The molecule has 1 aliphatic heterocycles. The van der Waals surface area contributed by atoms with E-state index in [0.29, 0.717) is 24.3 Å². The Morgan fingerprint density at radius 3 is 3.05 bits per heavy atom. The van der Waals surface area contributed by atoms with E-state index in [-0.39, 0.29) is 23.6 Å². The number of rotatable bonds is 3. The maximum Gasteiger partial charge on any atom is 0.287 e. The fraction of sp³-hybridized carbons (Fsp3) is 0.286. The number of methoxy groups -OCH3 is 1. The average molecular weight is 274 g/mol. The Kier molecular flexibility index (Phi) is 3.06. The lowest BCUT2D eigenvalue weighted by molar-refractivity contribution is -0.119. The Labute approximate surface area is 115 Å². The van der Waals surface area contributed by atoms with Crippen LogP contribution < -0.4 is 15.4 Å². The van der Waals surface area contributed by atoms with Gasteiger partial charge >= 0.3 is 0 Å². The molecule has 0 spiro atoms. The molecule has 1 atom stereocenters. The van der Waals surface area contributed by atoms with Crippen molar-refractivity contribution >= 4 is 22.8 Å². The summed E-state index contributed by atoms with van der Waals surface area (Å²) >= 11 is 0. The molecule has 104 valence electrons. The Bertz CT molecular complexity index is 677. The fourth-order valence-electron chi connectivity index (χ4n) is 2.27. The summed E-state index contributed by atoms with van der Waals surface area (Å²) in [4.78, 5) is 23.2. The van der Waals surface area contributed by atoms with E-state index in [0.717, 1.165) is 5.39 Å². The maximum atomic E-state index is 12.1. The minimum atomic E-state index is -0.329. The van der Waals surface area contributed by atoms with Gasteiger partial charge in [-0.25, -0.2) is 0 Å². The molecule has 1 aliphatic rings. The second kappa shape index (κ2) is 4.88. The van der Waals surface area contributed by atoms with E-state index in [9.17, 15) is 9.59 Å². The first-order valence-electron chi connectivity index (χ1n) is 6.31. The van der Waals surface area contributed by atoms with Crippen molar-refractivity contribution in [2.75, 3.05) is 13.7 Å². The van der Waals surface area contributed by atoms with Gasteiger partial charge < -0.3 is 19.8 Å². The molecule has 3 rings (SSSR count). The van der Waals surface area contributed by atoms with Gasteiger partial charge in [-0.2, -0.15) is 0 Å². The van der Waals surface area contributed by atoms with E-state index in [2.05, 4.69) is 10.6 Å². The van der Waals surface area contributed by atoms with E-state index in [1.165, 1.54) is 0 Å². The summed E-state index contributed by atoms with van der Waals surface area (Å²) in [7, 11) is 1.55. The van der Waals surface area contributed by atoms with Gasteiger partial charge in [-0.3, -0.25) is 9.59 Å². The zero-order valence-electron chi connectivity index (χ0n) is 10.9. The summed E-state index contributed by atoms with van der Waals surface area (Å²) in [6.07, 6.45) is 0.301. The van der Waals surface area contributed by atoms with Crippen molar-refractivity contribution in [3.8, 4) is 5.75 Å². The highest BCUT2D eigenvalue weighted by Gasteiger charge is 2.24. The van der Waals surface area contributed by atoms with Crippen molar-refractivity contribution in [2.24, 2.45) is 0 Å². The average Bonchev–Trinajstić information content (AvgIpc) is 3.04. The van der Waals surface area contributed by atoms with Gasteiger partial charge in [0.15, 0.2) is 17.1 Å². The molecule has 6 heteroatoms. The van der Waals surface area contributed by atoms with E-state index in [1.807, 2.05) is 12.1 Å². The summed E-state index contributed by atoms with van der Waals surface area (Å²) in [6.45, 7) is 0.453. The van der Waals surface area contributed by atoms with Gasteiger partial charge in [0.25, 0.3) is 5.91 Å². The molecule has 1 aromatic carbocycles. The van der Waals surface area contributed by atoms with Crippen LogP contribution >= 0.6 is 0 Å². The molecule has 2 N–H and O–H groups in total. The number of hydrogen-bond donors (Lipinski definition) is 2. The van der Waals surface area contributed by atoms with Crippen LogP contribution in [0, 0.1) is 0 Å². The molecule has 20 heavy (non-hydrogen) atoms. The van der Waals surface area contributed by atoms with Gasteiger partial charge in [-0.05, 0) is 12.1 Å². The smallest absolute Gasteiger partial charge is 0.287 e. The van der Waals surface area contributed by atoms with Gasteiger partial charge in [-0.15, -0.1) is 0 Å². The highest BCUT2D eigenvalue weighted by molar-refractivity contribution is 5.97. The predicted molar refractivity (Wildman–Crippen MR) is 71.6 cm³/mol. The maximum absolute atomic E-state index is 12.1. The first-order chi connectivity index (χ1) is 9.67. The number of furan rings is 1. The number of nitrogens with one attached hydrogen (secondary N) is 2. The standard InChI is InChI=1S/C14H14N2O4/c1-19-10-4-2-3-8-5-11(20-13(8)10)14(18)16-9-6-12(17)15-7-9/h2-5,9H,6-7H2,1H3,(H,15,17)(H,16,18). The fourth-order valence-corrected chi connectivity index (χ4v) is 2.27. The third-order valence-electron chi connectivity index (χ3n) is 3.26. The minimum absolute atomic E-state index is 0.0541. The van der Waals surface area contributed by atoms with Gasteiger partial charge in [0, 0.05) is 18.4 Å². The van der Waals surface area contributed by atoms with Crippen LogP contribution in [0.1, 0.15) is 17.0 Å². The van der Waals surface area contributed by atoms with E-state index in [4.69, 9.17) is 9.15 Å². The van der Waals surface area contributed by atoms with Crippen LogP contribution in [0.15, 0.2) is 28.7 Å². The largest absolute Gasteiger partial charge is 0.493 e. The van der Waals surface area contributed by atoms with Gasteiger partial charge in [0.05, 0.1) is 13.2 Å². The Morgan fingerprint density at radius 1 is 1.50 bits per heavy atom. The number of carbonyl (C=O) groups is 2. The van der Waals surface area contributed by atoms with Gasteiger partial charge in [0.1, 0.15) is 0 Å². The molecule has 1 aromatic heterocycles. The Hall–Kier alpha value is -2.50. The second-order valence-corrected chi connectivity index (χ2v) is 4.67. The summed E-state index contributed by atoms with van der Waals surface area (Å²) < 4.78 is 10.7. The lowest BCUT2D eigenvalue weighted by Crippen LogP contribution is -2.35. The zero-order chi connectivity index (χ0) is 14.1. The Balaban J connectivity index is 1.83. The molecule has 0 radical (unpaired) electrons. The van der Waals surface area contributed by atoms with Crippen LogP contribution in [0.25, 0.3) is 11.0 Å². The molecule has 0 aliphatic carbocycles. The van der Waals surface area contributed by atoms with E-state index >= 15 is 0 Å². The van der Waals surface area contributed by atoms with Gasteiger partial charge in [-0.1, -0.05) is 12.1 Å². The third-order valence-corrected chi connectivity index (χ3v) is 3.26. The molecule has 0 bridgehead atoms. The summed E-state index contributed by atoms with van der Waals surface area (Å²) in [5.41, 5.74) is 0.542. The molecule has 2 aromatic rings. The quantitative estimate of drug-likeness (QED) is 0.877. The van der Waals surface area contributed by atoms with Crippen LogP contribution in [-0.2, 0) is 4.79 Å². The summed E-state index contributed by atoms with van der Waals surface area (Å²) in [5.74, 6) is 0.412. The third kappa shape index (κ3) is 2.20. The van der Waals surface area contributed by atoms with Crippen LogP contribution in [0.2, 0.25) is 0 Å². The molecule has 1 fully saturated rings. The highest BCUT2D eigenvalue weighted by atomic mass is 16.5. The first kappa shape index (κ1) is 12.5. The number of ether oxygens (including phenoxy) is 1. The zero-order valence-corrected chi connectivity index (χ0v) is 10.9. The van der Waals surface area contributed by atoms with Crippen LogP contribution in [0.4, 0.5) is 0 Å². The molecular formula is C14H14N2O4. The topological polar surface area (TPSA) is 80.6 Å². The van der Waals surface area contributed by atoms with Crippen LogP contribution in [0.3, 0.4) is 0 Å². The van der Waals surface area contributed by atoms with Crippen molar-refractivity contribution in [2.45, 2.75) is 12.5 Å². The van der Waals surface area contributed by atoms with Crippen molar-refractivity contribution < 1.29 is 18.7 Å². The first-order valence-corrected chi connectivity index (χ1v) is 6.31. The van der Waals surface area contributed by atoms with Crippen LogP contribution in [0.5, 0.6) is 5.75 Å². The highest BCUT2D eigenvalue weighted by Crippen LogP contribution is 2.28. The van der Waals surface area contributed by atoms with Gasteiger partial charge in [0.2, 0.25) is 5.91 Å². The Morgan fingerprint density at radius 2 is 2.35 bits per heavy atom. The summed E-state index contributed by atoms with van der Waals surface area (Å²) in [6, 6.07) is 6.92. The SMILES string of the molecule is COc1cccc2cc(C(=O)NC3CNC(=O)C3)oc12. The molecule has 6 nitrogen and oxygen atoms in total. The lowest BCUT2D eigenvalue weighted by atomic mass is 10.2. The number of carbonyl (C=O) groups excluding carboxylic acids is 2. The van der Waals surface area contributed by atoms with Crippen molar-refractivity contribution in [1.29, 1.82) is 0 Å². The molecule has 1 unspecified atom stereocenters. The van der Waals surface area contributed by atoms with Crippen molar-refractivity contribution in [3.63, 3.8) is 0 Å². The second-order valence-electron chi connectivity index (χ2n) is 4.67. The minimum Gasteiger partial charge on any atom is -0.493 e. The van der Waals surface area contributed by atoms with E-state index in [1.54, 1.807) is 19.2 Å². The molecular weight excluding hydrogens is 260 g/mol. The number of amides is 2. The predicted octanol–water partition coefficient (Wildman–Crippen LogP) is 1.06. The summed E-state index contributed by atoms with van der Waals surface area (Å²) in [5, 5.41) is 6.24. The molecule has 2 amide bonds. The lowest BCUT2D eigenvalue weighted by Gasteiger charge is -2.08. The molecule has 1 saturated heterocycles. The number of para-hydroxylation sites is 1. The molecule has 0 saturated carbocycles. The number of hydrogen-bond acceptors (Lipinski definition) is 4. The number of benzene rings is 1. The van der Waals surface area contributed by atoms with Crippen molar-refractivity contribution in [1.82, 2.24) is 10.6 Å². The number of fused-ring (bicyclic) bond motifs is 1. The van der Waals surface area contributed by atoms with Crippen LogP contribution in [-0.4, -0.2) is 31.5 Å². The monoisotopic (exact) mass is 274 g/mol. The van der Waals surface area contributed by atoms with Crippen molar-refractivity contribution in [3.05, 3.63) is 30.0 Å².